The minimum absolute atomic E-state index is 0.115. The van der Waals surface area contributed by atoms with Crippen molar-refractivity contribution in [1.29, 1.82) is 0 Å². The maximum Gasteiger partial charge on any atom is 0.237 e. The Hall–Kier alpha value is -0.610. The number of rotatable bonds is 4. The van der Waals surface area contributed by atoms with E-state index in [-0.39, 0.29) is 5.91 Å². The zero-order valence-corrected chi connectivity index (χ0v) is 13.0. The van der Waals surface area contributed by atoms with Crippen LogP contribution in [-0.2, 0) is 4.79 Å². The van der Waals surface area contributed by atoms with Gasteiger partial charge in [-0.3, -0.25) is 9.69 Å². The van der Waals surface area contributed by atoms with Crippen molar-refractivity contribution in [1.82, 2.24) is 10.2 Å². The molecule has 0 bridgehead atoms. The standard InChI is InChI=1S/C17H29N3O/c18-16(21)17(19-13-5-6-13)9-7-14(11-17)20-10-8-12-3-1-2-4-15(12)20/h12-15,19H,1-11H2,(H2,18,21). The normalized spacial score (nSPS) is 43.9. The van der Waals surface area contributed by atoms with E-state index in [0.29, 0.717) is 12.1 Å². The second-order valence-corrected chi connectivity index (χ2v) is 7.90. The molecule has 1 amide bonds. The zero-order chi connectivity index (χ0) is 14.4. The average Bonchev–Trinajstić information content (AvgIpc) is 3.01. The van der Waals surface area contributed by atoms with Gasteiger partial charge in [0.25, 0.3) is 0 Å². The first kappa shape index (κ1) is 14.0. The lowest BCUT2D eigenvalue weighted by atomic mass is 9.85. The van der Waals surface area contributed by atoms with Gasteiger partial charge in [-0.25, -0.2) is 0 Å². The van der Waals surface area contributed by atoms with Crippen molar-refractivity contribution in [2.45, 2.75) is 87.9 Å². The van der Waals surface area contributed by atoms with E-state index in [2.05, 4.69) is 10.2 Å². The highest BCUT2D eigenvalue weighted by atomic mass is 16.1. The molecule has 4 fully saturated rings. The molecular weight excluding hydrogens is 262 g/mol. The summed E-state index contributed by atoms with van der Waals surface area (Å²) >= 11 is 0. The zero-order valence-electron chi connectivity index (χ0n) is 13.0. The number of nitrogens with one attached hydrogen (secondary N) is 1. The molecule has 118 valence electrons. The number of amides is 1. The van der Waals surface area contributed by atoms with Gasteiger partial charge in [0, 0.05) is 18.1 Å². The first-order valence-corrected chi connectivity index (χ1v) is 9.01. The number of hydrogen-bond donors (Lipinski definition) is 2. The van der Waals surface area contributed by atoms with E-state index in [1.165, 1.54) is 51.5 Å². The molecule has 4 rings (SSSR count). The molecule has 0 aromatic heterocycles. The summed E-state index contributed by atoms with van der Waals surface area (Å²) in [4.78, 5) is 14.8. The third-order valence-corrected chi connectivity index (χ3v) is 6.54. The van der Waals surface area contributed by atoms with Crippen LogP contribution >= 0.6 is 0 Å². The van der Waals surface area contributed by atoms with Crippen molar-refractivity contribution in [3.05, 3.63) is 0 Å². The highest BCUT2D eigenvalue weighted by Crippen LogP contribution is 2.43. The van der Waals surface area contributed by atoms with Gasteiger partial charge >= 0.3 is 0 Å². The van der Waals surface area contributed by atoms with Crippen molar-refractivity contribution in [3.63, 3.8) is 0 Å². The Morgan fingerprint density at radius 2 is 1.90 bits per heavy atom. The van der Waals surface area contributed by atoms with E-state index in [4.69, 9.17) is 5.73 Å². The van der Waals surface area contributed by atoms with Gasteiger partial charge in [-0.1, -0.05) is 12.8 Å². The van der Waals surface area contributed by atoms with Crippen LogP contribution in [0.15, 0.2) is 0 Å². The van der Waals surface area contributed by atoms with Crippen LogP contribution in [0.25, 0.3) is 0 Å². The maximum atomic E-state index is 12.1. The van der Waals surface area contributed by atoms with Crippen molar-refractivity contribution >= 4 is 5.91 Å². The molecule has 1 saturated heterocycles. The minimum Gasteiger partial charge on any atom is -0.368 e. The number of fused-ring (bicyclic) bond motifs is 1. The van der Waals surface area contributed by atoms with Gasteiger partial charge in [0.1, 0.15) is 0 Å². The van der Waals surface area contributed by atoms with Crippen molar-refractivity contribution < 1.29 is 4.79 Å². The van der Waals surface area contributed by atoms with Gasteiger partial charge in [0.15, 0.2) is 0 Å². The predicted octanol–water partition coefficient (Wildman–Crippen LogP) is 1.78. The third-order valence-electron chi connectivity index (χ3n) is 6.54. The highest BCUT2D eigenvalue weighted by Gasteiger charge is 2.50. The number of primary amides is 1. The number of carbonyl (C=O) groups excluding carboxylic acids is 1. The second kappa shape index (κ2) is 5.24. The molecule has 1 heterocycles. The quantitative estimate of drug-likeness (QED) is 0.830. The van der Waals surface area contributed by atoms with E-state index in [0.717, 1.165) is 31.2 Å². The molecule has 0 radical (unpaired) electrons. The van der Waals surface area contributed by atoms with Gasteiger partial charge in [-0.15, -0.1) is 0 Å². The Labute approximate surface area is 127 Å². The SMILES string of the molecule is NC(=O)C1(NC2CC2)CCC(N2CCC3CCCCC32)C1. The minimum atomic E-state index is -0.404. The molecular formula is C17H29N3O. The fourth-order valence-electron chi connectivity index (χ4n) is 5.24. The monoisotopic (exact) mass is 291 g/mol. The lowest BCUT2D eigenvalue weighted by Crippen LogP contribution is -2.55. The molecule has 21 heavy (non-hydrogen) atoms. The van der Waals surface area contributed by atoms with Crippen LogP contribution < -0.4 is 11.1 Å². The maximum absolute atomic E-state index is 12.1. The third kappa shape index (κ3) is 2.50. The summed E-state index contributed by atoms with van der Waals surface area (Å²) in [7, 11) is 0. The molecule has 3 N–H and O–H groups in total. The summed E-state index contributed by atoms with van der Waals surface area (Å²) in [6.07, 6.45) is 12.5. The van der Waals surface area contributed by atoms with Gasteiger partial charge < -0.3 is 11.1 Å². The molecule has 1 aliphatic heterocycles. The number of nitrogens with two attached hydrogens (primary N) is 1. The topological polar surface area (TPSA) is 58.4 Å². The molecule has 3 saturated carbocycles. The molecule has 0 aromatic carbocycles. The molecule has 4 unspecified atom stereocenters. The molecule has 0 aromatic rings. The molecule has 0 spiro atoms. The number of likely N-dealkylation sites (tertiary alicyclic amines) is 1. The van der Waals surface area contributed by atoms with Gasteiger partial charge in [0.2, 0.25) is 5.91 Å². The number of carbonyl (C=O) groups is 1. The number of hydrogen-bond acceptors (Lipinski definition) is 3. The van der Waals surface area contributed by atoms with Crippen LogP contribution in [-0.4, -0.2) is 41.0 Å². The number of nitrogens with zero attached hydrogens (tertiary/aromatic N) is 1. The molecule has 4 heteroatoms. The van der Waals surface area contributed by atoms with E-state index in [1.807, 2.05) is 0 Å². The summed E-state index contributed by atoms with van der Waals surface area (Å²) in [5, 5.41) is 3.59. The molecule has 3 aliphatic carbocycles. The smallest absolute Gasteiger partial charge is 0.237 e. The molecule has 4 nitrogen and oxygen atoms in total. The van der Waals surface area contributed by atoms with Crippen LogP contribution in [0.4, 0.5) is 0 Å². The van der Waals surface area contributed by atoms with Crippen LogP contribution in [0.3, 0.4) is 0 Å². The lowest BCUT2D eigenvalue weighted by molar-refractivity contribution is -0.124. The van der Waals surface area contributed by atoms with Crippen LogP contribution in [0.5, 0.6) is 0 Å². The van der Waals surface area contributed by atoms with E-state index >= 15 is 0 Å². The van der Waals surface area contributed by atoms with E-state index in [1.54, 1.807) is 0 Å². The van der Waals surface area contributed by atoms with Crippen LogP contribution in [0.1, 0.15) is 64.2 Å². The summed E-state index contributed by atoms with van der Waals surface area (Å²) in [6, 6.07) is 1.93. The van der Waals surface area contributed by atoms with Gasteiger partial charge in [0.05, 0.1) is 5.54 Å². The van der Waals surface area contributed by atoms with Crippen molar-refractivity contribution in [3.8, 4) is 0 Å². The average molecular weight is 291 g/mol. The van der Waals surface area contributed by atoms with Crippen LogP contribution in [0.2, 0.25) is 0 Å². The van der Waals surface area contributed by atoms with E-state index < -0.39 is 5.54 Å². The first-order valence-electron chi connectivity index (χ1n) is 9.01. The largest absolute Gasteiger partial charge is 0.368 e. The van der Waals surface area contributed by atoms with Crippen LogP contribution in [0, 0.1) is 5.92 Å². The molecule has 4 atom stereocenters. The summed E-state index contributed by atoms with van der Waals surface area (Å²) in [6.45, 7) is 1.25. The Kier molecular flexibility index (Phi) is 3.49. The fraction of sp³-hybridized carbons (Fsp3) is 0.941. The molecule has 4 aliphatic rings. The Morgan fingerprint density at radius 3 is 2.67 bits per heavy atom. The predicted molar refractivity (Wildman–Crippen MR) is 82.8 cm³/mol. The fourth-order valence-corrected chi connectivity index (χ4v) is 5.24. The summed E-state index contributed by atoms with van der Waals surface area (Å²) < 4.78 is 0. The lowest BCUT2D eigenvalue weighted by Gasteiger charge is -2.36. The summed E-state index contributed by atoms with van der Waals surface area (Å²) in [5.74, 6) is 0.815. The Bertz CT molecular complexity index is 422. The summed E-state index contributed by atoms with van der Waals surface area (Å²) in [5.41, 5.74) is 5.38. The van der Waals surface area contributed by atoms with Crippen molar-refractivity contribution in [2.75, 3.05) is 6.54 Å². The Morgan fingerprint density at radius 1 is 1.10 bits per heavy atom. The first-order chi connectivity index (χ1) is 10.2. The van der Waals surface area contributed by atoms with Gasteiger partial charge in [-0.05, 0) is 63.8 Å². The van der Waals surface area contributed by atoms with E-state index in [9.17, 15) is 4.79 Å². The van der Waals surface area contributed by atoms with Crippen molar-refractivity contribution in [2.24, 2.45) is 11.7 Å². The highest BCUT2D eigenvalue weighted by molar-refractivity contribution is 5.85. The van der Waals surface area contributed by atoms with Gasteiger partial charge in [-0.2, -0.15) is 0 Å². The Balaban J connectivity index is 1.46. The second-order valence-electron chi connectivity index (χ2n) is 7.90.